The maximum Gasteiger partial charge on any atom is 0.243 e. The highest BCUT2D eigenvalue weighted by molar-refractivity contribution is 7.89. The molecule has 0 bridgehead atoms. The fourth-order valence-corrected chi connectivity index (χ4v) is 6.25. The molecule has 0 unspecified atom stereocenters. The van der Waals surface area contributed by atoms with Gasteiger partial charge in [0.1, 0.15) is 17.0 Å². The summed E-state index contributed by atoms with van der Waals surface area (Å²) in [5, 5.41) is 12.1. The average Bonchev–Trinajstić information content (AvgIpc) is 3.29. The Morgan fingerprint density at radius 1 is 0.938 bits per heavy atom. The molecule has 5 rings (SSSR count). The molecular formula is C23H19N5O2S2. The Bertz CT molecular complexity index is 1400. The summed E-state index contributed by atoms with van der Waals surface area (Å²) in [7, 11) is -3.61. The molecular weight excluding hydrogens is 442 g/mol. The van der Waals surface area contributed by atoms with Gasteiger partial charge >= 0.3 is 0 Å². The minimum Gasteiger partial charge on any atom is -0.353 e. The highest BCUT2D eigenvalue weighted by atomic mass is 32.2. The van der Waals surface area contributed by atoms with Gasteiger partial charge in [0.2, 0.25) is 10.0 Å². The van der Waals surface area contributed by atoms with E-state index in [9.17, 15) is 8.42 Å². The Morgan fingerprint density at radius 2 is 1.66 bits per heavy atom. The minimum absolute atomic E-state index is 0.207. The molecule has 1 fully saturated rings. The van der Waals surface area contributed by atoms with Crippen LogP contribution < -0.4 is 4.90 Å². The first kappa shape index (κ1) is 20.6. The summed E-state index contributed by atoms with van der Waals surface area (Å²) in [4.78, 5) is 12.3. The summed E-state index contributed by atoms with van der Waals surface area (Å²) in [5.41, 5.74) is 2.64. The van der Waals surface area contributed by atoms with Crippen LogP contribution in [0.4, 0.5) is 5.82 Å². The SMILES string of the molecule is N#Cc1ccc(S(=O)(=O)N2CCN(c3ncnc4scc(-c5ccccc5)c34)CC2)cc1. The van der Waals surface area contributed by atoms with E-state index in [0.717, 1.165) is 27.2 Å². The molecule has 2 aromatic carbocycles. The number of sulfonamides is 1. The van der Waals surface area contributed by atoms with Crippen molar-refractivity contribution < 1.29 is 8.42 Å². The number of nitriles is 1. The summed E-state index contributed by atoms with van der Waals surface area (Å²) < 4.78 is 27.6. The van der Waals surface area contributed by atoms with E-state index in [1.165, 1.54) is 28.6 Å². The van der Waals surface area contributed by atoms with Crippen molar-refractivity contribution in [3.63, 3.8) is 0 Å². The van der Waals surface area contributed by atoms with Crippen LogP contribution in [0.25, 0.3) is 21.3 Å². The van der Waals surface area contributed by atoms with E-state index in [1.54, 1.807) is 17.7 Å². The zero-order valence-electron chi connectivity index (χ0n) is 17.0. The van der Waals surface area contributed by atoms with Crippen LogP contribution in [0.2, 0.25) is 0 Å². The summed E-state index contributed by atoms with van der Waals surface area (Å²) in [5.74, 6) is 0.838. The number of hydrogen-bond donors (Lipinski definition) is 0. The number of piperazine rings is 1. The second-order valence-corrected chi connectivity index (χ2v) is 10.2. The first-order valence-electron chi connectivity index (χ1n) is 10.1. The molecule has 32 heavy (non-hydrogen) atoms. The van der Waals surface area contributed by atoms with Crippen molar-refractivity contribution >= 4 is 37.4 Å². The number of hydrogen-bond acceptors (Lipinski definition) is 7. The van der Waals surface area contributed by atoms with Gasteiger partial charge in [-0.05, 0) is 29.8 Å². The zero-order chi connectivity index (χ0) is 22.1. The lowest BCUT2D eigenvalue weighted by Gasteiger charge is -2.35. The highest BCUT2D eigenvalue weighted by Crippen LogP contribution is 2.38. The van der Waals surface area contributed by atoms with Crippen LogP contribution in [0.15, 0.2) is 71.2 Å². The van der Waals surface area contributed by atoms with Crippen LogP contribution in [0, 0.1) is 11.3 Å². The quantitative estimate of drug-likeness (QED) is 0.460. The topological polar surface area (TPSA) is 90.2 Å². The molecule has 2 aromatic heterocycles. The molecule has 0 atom stereocenters. The predicted molar refractivity (Wildman–Crippen MR) is 125 cm³/mol. The van der Waals surface area contributed by atoms with Crippen LogP contribution in [-0.4, -0.2) is 48.9 Å². The van der Waals surface area contributed by atoms with Gasteiger partial charge in [-0.3, -0.25) is 0 Å². The van der Waals surface area contributed by atoms with E-state index in [2.05, 4.69) is 32.4 Å². The number of benzene rings is 2. The molecule has 0 amide bonds. The van der Waals surface area contributed by atoms with Gasteiger partial charge in [-0.2, -0.15) is 9.57 Å². The molecule has 7 nitrogen and oxygen atoms in total. The molecule has 0 N–H and O–H groups in total. The van der Waals surface area contributed by atoms with Crippen molar-refractivity contribution in [1.29, 1.82) is 5.26 Å². The van der Waals surface area contributed by atoms with E-state index in [-0.39, 0.29) is 4.90 Å². The molecule has 3 heterocycles. The molecule has 1 saturated heterocycles. The van der Waals surface area contributed by atoms with Crippen molar-refractivity contribution in [3.05, 3.63) is 71.9 Å². The molecule has 9 heteroatoms. The van der Waals surface area contributed by atoms with Crippen molar-refractivity contribution in [1.82, 2.24) is 14.3 Å². The van der Waals surface area contributed by atoms with Crippen molar-refractivity contribution in [2.45, 2.75) is 4.90 Å². The third-order valence-electron chi connectivity index (χ3n) is 5.59. The number of nitrogens with zero attached hydrogens (tertiary/aromatic N) is 5. The summed E-state index contributed by atoms with van der Waals surface area (Å²) in [6.45, 7) is 1.79. The molecule has 160 valence electrons. The number of rotatable bonds is 4. The van der Waals surface area contributed by atoms with Crippen LogP contribution in [-0.2, 0) is 10.0 Å². The van der Waals surface area contributed by atoms with Crippen molar-refractivity contribution in [2.75, 3.05) is 31.1 Å². The lowest BCUT2D eigenvalue weighted by Crippen LogP contribution is -2.49. The van der Waals surface area contributed by atoms with E-state index in [4.69, 9.17) is 5.26 Å². The molecule has 1 aliphatic heterocycles. The normalized spacial score (nSPS) is 15.0. The first-order valence-corrected chi connectivity index (χ1v) is 12.4. The molecule has 1 aliphatic rings. The van der Waals surface area contributed by atoms with Gasteiger partial charge in [-0.25, -0.2) is 18.4 Å². The highest BCUT2D eigenvalue weighted by Gasteiger charge is 2.30. The van der Waals surface area contributed by atoms with E-state index in [1.807, 2.05) is 24.3 Å². The van der Waals surface area contributed by atoms with E-state index < -0.39 is 10.0 Å². The summed E-state index contributed by atoms with van der Waals surface area (Å²) in [6.07, 6.45) is 1.57. The Kier molecular flexibility index (Phi) is 5.35. The number of thiophene rings is 1. The van der Waals surface area contributed by atoms with Gasteiger partial charge in [0.25, 0.3) is 0 Å². The molecule has 0 saturated carbocycles. The van der Waals surface area contributed by atoms with Crippen molar-refractivity contribution in [2.24, 2.45) is 0 Å². The van der Waals surface area contributed by atoms with Gasteiger partial charge in [-0.15, -0.1) is 11.3 Å². The van der Waals surface area contributed by atoms with Gasteiger partial charge < -0.3 is 4.90 Å². The standard InChI is InChI=1S/C23H19N5O2S2/c24-14-17-6-8-19(9-7-17)32(29,30)28-12-10-27(11-13-28)22-21-20(18-4-2-1-3-5-18)15-31-23(21)26-16-25-22/h1-9,15-16H,10-13H2. The largest absolute Gasteiger partial charge is 0.353 e. The monoisotopic (exact) mass is 461 g/mol. The van der Waals surface area contributed by atoms with Crippen molar-refractivity contribution in [3.8, 4) is 17.2 Å². The molecule has 4 aromatic rings. The second-order valence-electron chi connectivity index (χ2n) is 7.42. The smallest absolute Gasteiger partial charge is 0.243 e. The Labute approximate surface area is 190 Å². The molecule has 0 spiro atoms. The Morgan fingerprint density at radius 3 is 2.34 bits per heavy atom. The van der Waals surface area contributed by atoms with E-state index in [0.29, 0.717) is 31.7 Å². The van der Waals surface area contributed by atoms with Gasteiger partial charge in [-0.1, -0.05) is 30.3 Å². The van der Waals surface area contributed by atoms with Gasteiger partial charge in [0, 0.05) is 37.1 Å². The number of aromatic nitrogens is 2. The fourth-order valence-electron chi connectivity index (χ4n) is 3.92. The average molecular weight is 462 g/mol. The van der Waals surface area contributed by atoms with Crippen LogP contribution in [0.1, 0.15) is 5.56 Å². The summed E-state index contributed by atoms with van der Waals surface area (Å²) in [6, 6.07) is 18.2. The van der Waals surface area contributed by atoms with E-state index >= 15 is 0 Å². The third-order valence-corrected chi connectivity index (χ3v) is 8.39. The zero-order valence-corrected chi connectivity index (χ0v) is 18.7. The van der Waals surface area contributed by atoms with Gasteiger partial charge in [0.15, 0.2) is 0 Å². The number of fused-ring (bicyclic) bond motifs is 1. The Hall–Kier alpha value is -3.32. The number of anilines is 1. The maximum atomic E-state index is 13.0. The molecule has 0 radical (unpaired) electrons. The second kappa shape index (κ2) is 8.31. The third kappa shape index (κ3) is 3.62. The van der Waals surface area contributed by atoms with Crippen LogP contribution in [0.3, 0.4) is 0 Å². The van der Waals surface area contributed by atoms with Gasteiger partial charge in [0.05, 0.1) is 21.9 Å². The first-order chi connectivity index (χ1) is 15.6. The predicted octanol–water partition coefficient (Wildman–Crippen LogP) is 3.74. The Balaban J connectivity index is 1.41. The lowest BCUT2D eigenvalue weighted by molar-refractivity contribution is 0.384. The fraction of sp³-hybridized carbons (Fsp3) is 0.174. The summed E-state index contributed by atoms with van der Waals surface area (Å²) >= 11 is 1.58. The van der Waals surface area contributed by atoms with Crippen LogP contribution >= 0.6 is 11.3 Å². The molecule has 0 aliphatic carbocycles. The maximum absolute atomic E-state index is 13.0. The lowest BCUT2D eigenvalue weighted by atomic mass is 10.1. The minimum atomic E-state index is -3.61. The van der Waals surface area contributed by atoms with Crippen LogP contribution in [0.5, 0.6) is 0 Å².